The largest absolute Gasteiger partial charge is 0.467 e. The van der Waals surface area contributed by atoms with Gasteiger partial charge in [0.2, 0.25) is 5.95 Å². The fourth-order valence-electron chi connectivity index (χ4n) is 2.45. The second-order valence-corrected chi connectivity index (χ2v) is 6.06. The highest BCUT2D eigenvalue weighted by Gasteiger charge is 2.17. The van der Waals surface area contributed by atoms with Crippen molar-refractivity contribution >= 4 is 23.2 Å². The summed E-state index contributed by atoms with van der Waals surface area (Å²) in [7, 11) is 1.53. The lowest BCUT2D eigenvalue weighted by atomic mass is 10.1. The molecule has 122 valence electrons. The molecule has 0 aromatic carbocycles. The van der Waals surface area contributed by atoms with Crippen LogP contribution in [0.3, 0.4) is 0 Å². The van der Waals surface area contributed by atoms with Gasteiger partial charge in [0.15, 0.2) is 5.82 Å². The van der Waals surface area contributed by atoms with Crippen LogP contribution in [0.2, 0.25) is 0 Å². The fourth-order valence-corrected chi connectivity index (χ4v) is 3.08. The number of ether oxygens (including phenoxy) is 1. The molecule has 1 aliphatic heterocycles. The summed E-state index contributed by atoms with van der Waals surface area (Å²) in [6.07, 6.45) is 3.51. The molecule has 0 bridgehead atoms. The number of amides is 1. The molecule has 1 fully saturated rings. The lowest BCUT2D eigenvalue weighted by Gasteiger charge is -2.26. The number of hydrogen-bond donors (Lipinski definition) is 1. The van der Waals surface area contributed by atoms with E-state index in [9.17, 15) is 4.79 Å². The molecule has 2 aromatic heterocycles. The van der Waals surface area contributed by atoms with E-state index in [4.69, 9.17) is 4.74 Å². The molecule has 2 aromatic rings. The molecule has 1 N–H and O–H groups in total. The SMILES string of the molecule is COc1nc(CNC(=O)c2ccsc2)nc(N2CCCCC2)n1. The van der Waals surface area contributed by atoms with Crippen LogP contribution in [0, 0.1) is 0 Å². The van der Waals surface area contributed by atoms with E-state index in [1.807, 2.05) is 10.8 Å². The van der Waals surface area contributed by atoms with E-state index >= 15 is 0 Å². The summed E-state index contributed by atoms with van der Waals surface area (Å²) in [5.74, 6) is 0.988. The maximum atomic E-state index is 12.0. The minimum absolute atomic E-state index is 0.134. The van der Waals surface area contributed by atoms with Gasteiger partial charge in [0, 0.05) is 24.0 Å². The van der Waals surface area contributed by atoms with Crippen LogP contribution < -0.4 is 15.0 Å². The van der Waals surface area contributed by atoms with E-state index in [1.54, 1.807) is 6.07 Å². The van der Waals surface area contributed by atoms with Gasteiger partial charge in [0.25, 0.3) is 5.91 Å². The molecule has 1 saturated heterocycles. The van der Waals surface area contributed by atoms with E-state index < -0.39 is 0 Å². The molecule has 1 amide bonds. The topological polar surface area (TPSA) is 80.2 Å². The molecule has 23 heavy (non-hydrogen) atoms. The number of anilines is 1. The quantitative estimate of drug-likeness (QED) is 0.899. The van der Waals surface area contributed by atoms with Crippen LogP contribution in [0.5, 0.6) is 6.01 Å². The first kappa shape index (κ1) is 15.7. The lowest BCUT2D eigenvalue weighted by Crippen LogP contribution is -2.32. The van der Waals surface area contributed by atoms with Gasteiger partial charge in [-0.2, -0.15) is 26.3 Å². The van der Waals surface area contributed by atoms with E-state index in [2.05, 4.69) is 25.2 Å². The average molecular weight is 333 g/mol. The predicted octanol–water partition coefficient (Wildman–Crippen LogP) is 1.86. The lowest BCUT2D eigenvalue weighted by molar-refractivity contribution is 0.0950. The first-order valence-electron chi connectivity index (χ1n) is 7.60. The second kappa shape index (κ2) is 7.36. The maximum Gasteiger partial charge on any atom is 0.321 e. The van der Waals surface area contributed by atoms with Crippen molar-refractivity contribution in [1.82, 2.24) is 20.3 Å². The number of piperidine rings is 1. The summed E-state index contributed by atoms with van der Waals surface area (Å²) in [6.45, 7) is 2.12. The van der Waals surface area contributed by atoms with E-state index in [-0.39, 0.29) is 18.5 Å². The molecule has 3 heterocycles. The van der Waals surface area contributed by atoms with Crippen LogP contribution in [0.15, 0.2) is 16.8 Å². The Morgan fingerprint density at radius 1 is 1.30 bits per heavy atom. The Morgan fingerprint density at radius 3 is 2.83 bits per heavy atom. The van der Waals surface area contributed by atoms with Gasteiger partial charge in [-0.1, -0.05) is 0 Å². The highest BCUT2D eigenvalue weighted by atomic mass is 32.1. The third kappa shape index (κ3) is 3.95. The van der Waals surface area contributed by atoms with Crippen molar-refractivity contribution < 1.29 is 9.53 Å². The number of carbonyl (C=O) groups excluding carboxylic acids is 1. The molecular formula is C15H19N5O2S. The number of rotatable bonds is 5. The van der Waals surface area contributed by atoms with E-state index in [0.717, 1.165) is 25.9 Å². The van der Waals surface area contributed by atoms with Gasteiger partial charge >= 0.3 is 6.01 Å². The number of methoxy groups -OCH3 is 1. The van der Waals surface area contributed by atoms with Crippen molar-refractivity contribution in [3.8, 4) is 6.01 Å². The molecular weight excluding hydrogens is 314 g/mol. The van der Waals surface area contributed by atoms with Crippen LogP contribution in [0.1, 0.15) is 35.4 Å². The third-order valence-electron chi connectivity index (χ3n) is 3.66. The zero-order valence-corrected chi connectivity index (χ0v) is 13.8. The molecule has 7 nitrogen and oxygen atoms in total. The fraction of sp³-hybridized carbons (Fsp3) is 0.467. The molecule has 0 saturated carbocycles. The number of thiophene rings is 1. The number of nitrogens with zero attached hydrogens (tertiary/aromatic N) is 4. The summed E-state index contributed by atoms with van der Waals surface area (Å²) in [5.41, 5.74) is 0.646. The number of hydrogen-bond acceptors (Lipinski definition) is 7. The summed E-state index contributed by atoms with van der Waals surface area (Å²) in [5, 5.41) is 6.50. The zero-order chi connectivity index (χ0) is 16.1. The number of aromatic nitrogens is 3. The minimum atomic E-state index is -0.134. The van der Waals surface area contributed by atoms with Gasteiger partial charge in [0.1, 0.15) is 0 Å². The molecule has 0 unspecified atom stereocenters. The van der Waals surface area contributed by atoms with Crippen molar-refractivity contribution in [2.24, 2.45) is 0 Å². The van der Waals surface area contributed by atoms with Crippen LogP contribution in [-0.4, -0.2) is 41.1 Å². The maximum absolute atomic E-state index is 12.0. The number of nitrogens with one attached hydrogen (secondary N) is 1. The van der Waals surface area contributed by atoms with Gasteiger partial charge in [0.05, 0.1) is 13.7 Å². The third-order valence-corrected chi connectivity index (χ3v) is 4.34. The molecule has 1 aliphatic rings. The molecule has 0 atom stereocenters. The Balaban J connectivity index is 1.71. The monoisotopic (exact) mass is 333 g/mol. The van der Waals surface area contributed by atoms with Gasteiger partial charge in [-0.15, -0.1) is 0 Å². The normalized spacial score (nSPS) is 14.6. The number of carbonyl (C=O) groups is 1. The first-order valence-corrected chi connectivity index (χ1v) is 8.55. The average Bonchev–Trinajstić information content (AvgIpc) is 3.15. The summed E-state index contributed by atoms with van der Waals surface area (Å²) < 4.78 is 5.17. The van der Waals surface area contributed by atoms with Gasteiger partial charge in [-0.25, -0.2) is 0 Å². The molecule has 0 aliphatic carbocycles. The Kier molecular flexibility index (Phi) is 5.02. The molecule has 8 heteroatoms. The highest BCUT2D eigenvalue weighted by Crippen LogP contribution is 2.17. The summed E-state index contributed by atoms with van der Waals surface area (Å²) in [6, 6.07) is 2.06. The first-order chi connectivity index (χ1) is 11.3. The highest BCUT2D eigenvalue weighted by molar-refractivity contribution is 7.08. The standard InChI is InChI=1S/C15H19N5O2S/c1-22-15-18-12(9-16-13(21)11-5-8-23-10-11)17-14(19-15)20-6-3-2-4-7-20/h5,8,10H,2-4,6-7,9H2,1H3,(H,16,21). The van der Waals surface area contributed by atoms with Crippen molar-refractivity contribution in [3.05, 3.63) is 28.2 Å². The minimum Gasteiger partial charge on any atom is -0.467 e. The Bertz CT molecular complexity index is 656. The van der Waals surface area contributed by atoms with E-state index in [1.165, 1.54) is 24.9 Å². The van der Waals surface area contributed by atoms with Crippen molar-refractivity contribution in [2.45, 2.75) is 25.8 Å². The van der Waals surface area contributed by atoms with E-state index in [0.29, 0.717) is 17.3 Å². The Labute approximate surface area is 138 Å². The summed E-state index contributed by atoms with van der Waals surface area (Å²) in [4.78, 5) is 27.1. The molecule has 0 radical (unpaired) electrons. The van der Waals surface area contributed by atoms with Gasteiger partial charge in [-0.3, -0.25) is 4.79 Å². The van der Waals surface area contributed by atoms with Crippen LogP contribution >= 0.6 is 11.3 Å². The zero-order valence-electron chi connectivity index (χ0n) is 13.0. The summed E-state index contributed by atoms with van der Waals surface area (Å²) >= 11 is 1.49. The van der Waals surface area contributed by atoms with Gasteiger partial charge in [-0.05, 0) is 30.7 Å². The molecule has 0 spiro atoms. The van der Waals surface area contributed by atoms with Crippen LogP contribution in [0.25, 0.3) is 0 Å². The predicted molar refractivity (Wildman–Crippen MR) is 87.9 cm³/mol. The van der Waals surface area contributed by atoms with Crippen LogP contribution in [-0.2, 0) is 6.54 Å². The Hall–Kier alpha value is -2.22. The second-order valence-electron chi connectivity index (χ2n) is 5.28. The van der Waals surface area contributed by atoms with Crippen molar-refractivity contribution in [1.29, 1.82) is 0 Å². The smallest absolute Gasteiger partial charge is 0.321 e. The molecule has 3 rings (SSSR count). The van der Waals surface area contributed by atoms with Gasteiger partial charge < -0.3 is 15.0 Å². The van der Waals surface area contributed by atoms with Crippen molar-refractivity contribution in [2.75, 3.05) is 25.1 Å². The van der Waals surface area contributed by atoms with Crippen molar-refractivity contribution in [3.63, 3.8) is 0 Å². The Morgan fingerprint density at radius 2 is 2.13 bits per heavy atom. The van der Waals surface area contributed by atoms with Crippen LogP contribution in [0.4, 0.5) is 5.95 Å².